The fourth-order valence-electron chi connectivity index (χ4n) is 1.67. The SMILES string of the molecule is COC(=O)c1c(N)cccc1-c1nccc(C)n1. The first-order chi connectivity index (χ1) is 8.63. The molecule has 0 radical (unpaired) electrons. The van der Waals surface area contributed by atoms with Gasteiger partial charge in [-0.05, 0) is 19.1 Å². The molecule has 2 rings (SSSR count). The minimum absolute atomic E-state index is 0.297. The van der Waals surface area contributed by atoms with Gasteiger partial charge in [-0.3, -0.25) is 0 Å². The van der Waals surface area contributed by atoms with Gasteiger partial charge < -0.3 is 10.5 Å². The molecule has 0 saturated heterocycles. The van der Waals surface area contributed by atoms with Gasteiger partial charge in [0.15, 0.2) is 5.82 Å². The highest BCUT2D eigenvalue weighted by molar-refractivity contribution is 6.01. The van der Waals surface area contributed by atoms with E-state index >= 15 is 0 Å². The summed E-state index contributed by atoms with van der Waals surface area (Å²) in [5.74, 6) is -0.0316. The van der Waals surface area contributed by atoms with Crippen LogP contribution in [0.1, 0.15) is 16.1 Å². The lowest BCUT2D eigenvalue weighted by atomic mass is 10.0. The van der Waals surface area contributed by atoms with Gasteiger partial charge in [0.2, 0.25) is 0 Å². The van der Waals surface area contributed by atoms with Crippen molar-refractivity contribution in [1.29, 1.82) is 0 Å². The normalized spacial score (nSPS) is 10.1. The van der Waals surface area contributed by atoms with Gasteiger partial charge in [0, 0.05) is 23.1 Å². The summed E-state index contributed by atoms with van der Waals surface area (Å²) in [6.07, 6.45) is 1.64. The van der Waals surface area contributed by atoms with Crippen molar-refractivity contribution in [1.82, 2.24) is 9.97 Å². The summed E-state index contributed by atoms with van der Waals surface area (Å²) in [7, 11) is 1.32. The van der Waals surface area contributed by atoms with E-state index in [1.807, 2.05) is 6.92 Å². The number of esters is 1. The number of nitrogens with zero attached hydrogens (tertiary/aromatic N) is 2. The Morgan fingerprint density at radius 1 is 1.33 bits per heavy atom. The van der Waals surface area contributed by atoms with E-state index in [0.717, 1.165) is 5.69 Å². The number of rotatable bonds is 2. The Bertz CT molecular complexity index is 597. The monoisotopic (exact) mass is 243 g/mol. The first kappa shape index (κ1) is 12.0. The van der Waals surface area contributed by atoms with E-state index in [-0.39, 0.29) is 0 Å². The minimum atomic E-state index is -0.492. The van der Waals surface area contributed by atoms with Crippen molar-refractivity contribution in [3.05, 3.63) is 41.7 Å². The van der Waals surface area contributed by atoms with E-state index in [1.54, 1.807) is 30.5 Å². The quantitative estimate of drug-likeness (QED) is 0.643. The molecule has 92 valence electrons. The lowest BCUT2D eigenvalue weighted by Gasteiger charge is -2.09. The number of methoxy groups -OCH3 is 1. The molecular weight excluding hydrogens is 230 g/mol. The molecule has 0 amide bonds. The van der Waals surface area contributed by atoms with Crippen LogP contribution in [0, 0.1) is 6.92 Å². The Morgan fingerprint density at radius 2 is 2.11 bits per heavy atom. The number of anilines is 1. The fraction of sp³-hybridized carbons (Fsp3) is 0.154. The minimum Gasteiger partial charge on any atom is -0.465 e. The van der Waals surface area contributed by atoms with Crippen LogP contribution in [0.25, 0.3) is 11.4 Å². The predicted octanol–water partition coefficient (Wildman–Crippen LogP) is 1.82. The second kappa shape index (κ2) is 4.83. The van der Waals surface area contributed by atoms with E-state index in [0.29, 0.717) is 22.6 Å². The third-order valence-corrected chi connectivity index (χ3v) is 2.52. The highest BCUT2D eigenvalue weighted by atomic mass is 16.5. The third-order valence-electron chi connectivity index (χ3n) is 2.52. The number of nitrogens with two attached hydrogens (primary N) is 1. The lowest BCUT2D eigenvalue weighted by Crippen LogP contribution is -2.08. The maximum absolute atomic E-state index is 11.8. The average molecular weight is 243 g/mol. The summed E-state index contributed by atoms with van der Waals surface area (Å²) in [6, 6.07) is 6.93. The van der Waals surface area contributed by atoms with E-state index in [2.05, 4.69) is 9.97 Å². The standard InChI is InChI=1S/C13H13N3O2/c1-8-6-7-15-12(16-8)9-4-3-5-10(14)11(9)13(17)18-2/h3-7H,14H2,1-2H3. The van der Waals surface area contributed by atoms with Crippen LogP contribution < -0.4 is 5.73 Å². The summed E-state index contributed by atoms with van der Waals surface area (Å²) < 4.78 is 4.73. The van der Waals surface area contributed by atoms with Crippen molar-refractivity contribution in [3.8, 4) is 11.4 Å². The van der Waals surface area contributed by atoms with Crippen LogP contribution in [0.5, 0.6) is 0 Å². The lowest BCUT2D eigenvalue weighted by molar-refractivity contribution is 0.0602. The molecule has 0 fully saturated rings. The Morgan fingerprint density at radius 3 is 2.78 bits per heavy atom. The maximum Gasteiger partial charge on any atom is 0.340 e. The van der Waals surface area contributed by atoms with Crippen molar-refractivity contribution in [2.75, 3.05) is 12.8 Å². The Kier molecular flexibility index (Phi) is 3.23. The zero-order valence-electron chi connectivity index (χ0n) is 10.2. The van der Waals surface area contributed by atoms with Gasteiger partial charge in [0.25, 0.3) is 0 Å². The smallest absolute Gasteiger partial charge is 0.340 e. The van der Waals surface area contributed by atoms with Crippen LogP contribution in [-0.2, 0) is 4.74 Å². The van der Waals surface area contributed by atoms with E-state index in [4.69, 9.17) is 10.5 Å². The van der Waals surface area contributed by atoms with E-state index in [1.165, 1.54) is 7.11 Å². The second-order valence-corrected chi connectivity index (χ2v) is 3.78. The molecule has 1 aromatic heterocycles. The van der Waals surface area contributed by atoms with Gasteiger partial charge in [-0.1, -0.05) is 12.1 Å². The number of ether oxygens (including phenoxy) is 1. The zero-order valence-corrected chi connectivity index (χ0v) is 10.2. The molecule has 0 aliphatic rings. The molecule has 0 spiro atoms. The van der Waals surface area contributed by atoms with Crippen molar-refractivity contribution in [2.24, 2.45) is 0 Å². The van der Waals surface area contributed by atoms with Crippen LogP contribution in [0.4, 0.5) is 5.69 Å². The van der Waals surface area contributed by atoms with Crippen LogP contribution in [0.15, 0.2) is 30.5 Å². The molecule has 0 bridgehead atoms. The topological polar surface area (TPSA) is 78.1 Å². The number of aryl methyl sites for hydroxylation is 1. The number of carbonyl (C=O) groups excluding carboxylic acids is 1. The summed E-state index contributed by atoms with van der Waals surface area (Å²) in [4.78, 5) is 20.2. The van der Waals surface area contributed by atoms with Crippen molar-refractivity contribution in [3.63, 3.8) is 0 Å². The molecular formula is C13H13N3O2. The van der Waals surface area contributed by atoms with E-state index in [9.17, 15) is 4.79 Å². The van der Waals surface area contributed by atoms with Gasteiger partial charge in [-0.2, -0.15) is 0 Å². The number of nitrogen functional groups attached to an aromatic ring is 1. The van der Waals surface area contributed by atoms with Crippen molar-refractivity contribution < 1.29 is 9.53 Å². The molecule has 2 aromatic rings. The van der Waals surface area contributed by atoms with Crippen LogP contribution in [0.2, 0.25) is 0 Å². The van der Waals surface area contributed by atoms with Crippen molar-refractivity contribution in [2.45, 2.75) is 6.92 Å². The second-order valence-electron chi connectivity index (χ2n) is 3.78. The third kappa shape index (κ3) is 2.15. The van der Waals surface area contributed by atoms with Crippen LogP contribution >= 0.6 is 0 Å². The van der Waals surface area contributed by atoms with Gasteiger partial charge in [-0.15, -0.1) is 0 Å². The van der Waals surface area contributed by atoms with Crippen LogP contribution in [-0.4, -0.2) is 23.0 Å². The highest BCUT2D eigenvalue weighted by Gasteiger charge is 2.18. The molecule has 2 N–H and O–H groups in total. The summed E-state index contributed by atoms with van der Waals surface area (Å²) >= 11 is 0. The van der Waals surface area contributed by atoms with Gasteiger partial charge in [-0.25, -0.2) is 14.8 Å². The predicted molar refractivity (Wildman–Crippen MR) is 68.0 cm³/mol. The number of hydrogen-bond acceptors (Lipinski definition) is 5. The molecule has 0 saturated carbocycles. The van der Waals surface area contributed by atoms with E-state index < -0.39 is 5.97 Å². The number of benzene rings is 1. The molecule has 5 heteroatoms. The Labute approximate surface area is 105 Å². The summed E-state index contributed by atoms with van der Waals surface area (Å²) in [5, 5.41) is 0. The number of hydrogen-bond donors (Lipinski definition) is 1. The molecule has 0 atom stereocenters. The fourth-order valence-corrected chi connectivity index (χ4v) is 1.67. The first-order valence-electron chi connectivity index (χ1n) is 5.40. The number of aromatic nitrogens is 2. The average Bonchev–Trinajstić information content (AvgIpc) is 2.37. The zero-order chi connectivity index (χ0) is 13.1. The molecule has 0 aliphatic heterocycles. The molecule has 1 aromatic carbocycles. The molecule has 5 nitrogen and oxygen atoms in total. The van der Waals surface area contributed by atoms with Crippen LogP contribution in [0.3, 0.4) is 0 Å². The maximum atomic E-state index is 11.8. The highest BCUT2D eigenvalue weighted by Crippen LogP contribution is 2.25. The van der Waals surface area contributed by atoms with Gasteiger partial charge in [0.05, 0.1) is 12.7 Å². The first-order valence-corrected chi connectivity index (χ1v) is 5.40. The summed E-state index contributed by atoms with van der Waals surface area (Å²) in [6.45, 7) is 1.86. The number of carbonyl (C=O) groups is 1. The Hall–Kier alpha value is -2.43. The Balaban J connectivity index is 2.64. The molecule has 18 heavy (non-hydrogen) atoms. The van der Waals surface area contributed by atoms with Crippen molar-refractivity contribution >= 4 is 11.7 Å². The largest absolute Gasteiger partial charge is 0.465 e. The van der Waals surface area contributed by atoms with Gasteiger partial charge >= 0.3 is 5.97 Å². The van der Waals surface area contributed by atoms with Gasteiger partial charge in [0.1, 0.15) is 0 Å². The molecule has 0 aliphatic carbocycles. The molecule has 1 heterocycles. The molecule has 0 unspecified atom stereocenters. The summed E-state index contributed by atoms with van der Waals surface area (Å²) in [5.41, 5.74) is 7.86.